The Hall–Kier alpha value is -2.33. The van der Waals surface area contributed by atoms with Crippen molar-refractivity contribution in [3.05, 3.63) is 59.3 Å². The van der Waals surface area contributed by atoms with Crippen LogP contribution >= 0.6 is 0 Å². The molecule has 180 valence electrons. The van der Waals surface area contributed by atoms with Crippen molar-refractivity contribution in [2.24, 2.45) is 9.98 Å². The molecule has 4 heteroatoms. The maximum absolute atomic E-state index is 13.1. The molecule has 1 atom stereocenters. The van der Waals surface area contributed by atoms with Gasteiger partial charge in [0.15, 0.2) is 5.78 Å². The Morgan fingerprint density at radius 2 is 1.48 bits per heavy atom. The summed E-state index contributed by atoms with van der Waals surface area (Å²) in [6, 6.07) is 0. The molecule has 0 bridgehead atoms. The van der Waals surface area contributed by atoms with Gasteiger partial charge in [0, 0.05) is 5.57 Å². The zero-order valence-corrected chi connectivity index (χ0v) is 21.3. The zero-order valence-electron chi connectivity index (χ0n) is 21.3. The average molecular weight is 451 g/mol. The van der Waals surface area contributed by atoms with Gasteiger partial charge in [-0.05, 0) is 89.9 Å². The summed E-state index contributed by atoms with van der Waals surface area (Å²) in [5.41, 5.74) is 4.44. The van der Waals surface area contributed by atoms with Gasteiger partial charge in [-0.15, -0.1) is 0 Å². The number of aliphatic hydroxyl groups excluding tert-OH is 1. The smallest absolute Gasteiger partial charge is 0.184 e. The quantitative estimate of drug-likeness (QED) is 0.519. The van der Waals surface area contributed by atoms with Crippen LogP contribution in [0.3, 0.4) is 0 Å². The molecule has 3 rings (SSSR count). The molecule has 1 heterocycles. The van der Waals surface area contributed by atoms with Crippen molar-refractivity contribution in [2.45, 2.75) is 97.6 Å². The van der Waals surface area contributed by atoms with Gasteiger partial charge in [-0.2, -0.15) is 0 Å². The lowest BCUT2D eigenvalue weighted by Gasteiger charge is -2.30. The molecule has 0 aromatic heterocycles. The normalized spacial score (nSPS) is 25.9. The molecule has 0 amide bonds. The van der Waals surface area contributed by atoms with Gasteiger partial charge in [0.2, 0.25) is 0 Å². The highest BCUT2D eigenvalue weighted by atomic mass is 16.3. The molecule has 1 aliphatic heterocycles. The number of carbonyl (C=O) groups is 1. The molecule has 2 fully saturated rings. The molecule has 0 aromatic rings. The Kier molecular flexibility index (Phi) is 10.4. The summed E-state index contributed by atoms with van der Waals surface area (Å²) in [5.74, 6) is -0.130. The van der Waals surface area contributed by atoms with Crippen LogP contribution in [-0.2, 0) is 4.79 Å². The van der Waals surface area contributed by atoms with Crippen LogP contribution in [0.15, 0.2) is 69.2 Å². The van der Waals surface area contributed by atoms with Crippen molar-refractivity contribution >= 4 is 17.2 Å². The molecular weight excluding hydrogens is 408 g/mol. The minimum Gasteiger partial charge on any atom is -0.386 e. The molecule has 4 nitrogen and oxygen atoms in total. The second-order valence-corrected chi connectivity index (χ2v) is 9.27. The summed E-state index contributed by atoms with van der Waals surface area (Å²) >= 11 is 0. The third kappa shape index (κ3) is 7.07. The molecule has 2 aliphatic carbocycles. The van der Waals surface area contributed by atoms with Crippen LogP contribution in [0.5, 0.6) is 0 Å². The van der Waals surface area contributed by atoms with E-state index in [1.807, 2.05) is 40.7 Å². The van der Waals surface area contributed by atoms with Crippen LogP contribution in [0, 0.1) is 0 Å². The molecule has 0 aromatic carbocycles. The second-order valence-electron chi connectivity index (χ2n) is 9.27. The van der Waals surface area contributed by atoms with Crippen molar-refractivity contribution in [1.29, 1.82) is 0 Å². The third-order valence-electron chi connectivity index (χ3n) is 6.36. The Labute approximate surface area is 200 Å². The summed E-state index contributed by atoms with van der Waals surface area (Å²) in [5, 5.41) is 11.3. The molecular formula is C29H42N2O2. The van der Waals surface area contributed by atoms with E-state index in [-0.39, 0.29) is 12.3 Å². The maximum atomic E-state index is 13.1. The SMILES string of the molecule is C=C/C1=C(\C=C/C)C(O)C(C)(C)N=C(C=C2CCCC2)C(C=C2CCCC2)=NCC1=O.CC. The largest absolute Gasteiger partial charge is 0.386 e. The summed E-state index contributed by atoms with van der Waals surface area (Å²) < 4.78 is 0. The van der Waals surface area contributed by atoms with Gasteiger partial charge in [0.1, 0.15) is 12.6 Å². The van der Waals surface area contributed by atoms with E-state index in [1.165, 1.54) is 42.9 Å². The van der Waals surface area contributed by atoms with E-state index in [9.17, 15) is 9.90 Å². The fourth-order valence-electron chi connectivity index (χ4n) is 4.59. The van der Waals surface area contributed by atoms with Crippen molar-refractivity contribution in [1.82, 2.24) is 0 Å². The average Bonchev–Trinajstić information content (AvgIpc) is 3.50. The van der Waals surface area contributed by atoms with Crippen LogP contribution in [0.1, 0.15) is 86.0 Å². The van der Waals surface area contributed by atoms with Gasteiger partial charge >= 0.3 is 0 Å². The summed E-state index contributed by atoms with van der Waals surface area (Å²) in [7, 11) is 0. The second kappa shape index (κ2) is 12.8. The highest BCUT2D eigenvalue weighted by Crippen LogP contribution is 2.30. The first-order chi connectivity index (χ1) is 15.9. The van der Waals surface area contributed by atoms with E-state index in [1.54, 1.807) is 6.08 Å². The Morgan fingerprint density at radius 3 is 1.97 bits per heavy atom. The van der Waals surface area contributed by atoms with E-state index in [4.69, 9.17) is 9.98 Å². The first kappa shape index (κ1) is 26.9. The zero-order chi connectivity index (χ0) is 24.4. The molecule has 1 N–H and O–H groups in total. The number of aliphatic hydroxyl groups is 1. The van der Waals surface area contributed by atoms with Crippen LogP contribution in [0.25, 0.3) is 0 Å². The molecule has 33 heavy (non-hydrogen) atoms. The number of aliphatic imine (C=N–C) groups is 2. The van der Waals surface area contributed by atoms with Gasteiger partial charge < -0.3 is 5.11 Å². The van der Waals surface area contributed by atoms with E-state index >= 15 is 0 Å². The van der Waals surface area contributed by atoms with E-state index < -0.39 is 11.6 Å². The highest BCUT2D eigenvalue weighted by Gasteiger charge is 2.33. The van der Waals surface area contributed by atoms with E-state index in [0.717, 1.165) is 37.1 Å². The van der Waals surface area contributed by atoms with Crippen LogP contribution in [-0.4, -0.2) is 40.5 Å². The van der Waals surface area contributed by atoms with E-state index in [2.05, 4.69) is 18.7 Å². The van der Waals surface area contributed by atoms with Crippen LogP contribution in [0.2, 0.25) is 0 Å². The standard InChI is InChI=1S/C27H36N2O2.C2H6/c1-5-11-22-21(6-2)25(30)18-28-23(16-19-12-7-8-13-19)24(17-20-14-9-10-15-20)29-27(3,4)26(22)31;1-2/h5-6,11,16-17,26,31H,2,7-10,12-15,18H2,1,3-4H3;1-2H3/b11-5-,22-21-,28-23?,29-24?;. The number of carbonyl (C=O) groups excluding carboxylic acids is 1. The minimum absolute atomic E-state index is 0.0247. The van der Waals surface area contributed by atoms with Crippen molar-refractivity contribution in [2.75, 3.05) is 6.54 Å². The molecule has 2 saturated carbocycles. The topological polar surface area (TPSA) is 62.0 Å². The van der Waals surface area contributed by atoms with Crippen molar-refractivity contribution in [3.8, 4) is 0 Å². The molecule has 0 saturated heterocycles. The monoisotopic (exact) mass is 450 g/mol. The Morgan fingerprint density at radius 1 is 0.970 bits per heavy atom. The summed E-state index contributed by atoms with van der Waals surface area (Å²) in [6.07, 6.45) is 17.6. The fourth-order valence-corrected chi connectivity index (χ4v) is 4.59. The summed E-state index contributed by atoms with van der Waals surface area (Å²) in [4.78, 5) is 22.9. The number of hydrogen-bond acceptors (Lipinski definition) is 4. The first-order valence-corrected chi connectivity index (χ1v) is 12.6. The minimum atomic E-state index is -0.934. The van der Waals surface area contributed by atoms with Gasteiger partial charge in [0.05, 0.1) is 17.0 Å². The lowest BCUT2D eigenvalue weighted by molar-refractivity contribution is -0.114. The number of allylic oxidation sites excluding steroid dienone is 6. The molecule has 0 radical (unpaired) electrons. The first-order valence-electron chi connectivity index (χ1n) is 12.6. The predicted octanol–water partition coefficient (Wildman–Crippen LogP) is 6.68. The van der Waals surface area contributed by atoms with Crippen LogP contribution in [0.4, 0.5) is 0 Å². The number of nitrogens with zero attached hydrogens (tertiary/aromatic N) is 2. The summed E-state index contributed by atoms with van der Waals surface area (Å²) in [6.45, 7) is 13.6. The number of rotatable bonds is 4. The van der Waals surface area contributed by atoms with Crippen LogP contribution < -0.4 is 0 Å². The van der Waals surface area contributed by atoms with Gasteiger partial charge in [0.25, 0.3) is 0 Å². The number of ketones is 1. The van der Waals surface area contributed by atoms with Gasteiger partial charge in [-0.1, -0.05) is 49.8 Å². The predicted molar refractivity (Wildman–Crippen MR) is 141 cm³/mol. The molecule has 1 unspecified atom stereocenters. The Bertz CT molecular complexity index is 894. The number of hydrogen-bond donors (Lipinski definition) is 1. The highest BCUT2D eigenvalue weighted by molar-refractivity contribution is 6.50. The van der Waals surface area contributed by atoms with Gasteiger partial charge in [-0.3, -0.25) is 14.8 Å². The van der Waals surface area contributed by atoms with Gasteiger partial charge in [-0.25, -0.2) is 0 Å². The third-order valence-corrected chi connectivity index (χ3v) is 6.36. The Balaban J connectivity index is 0.00000187. The number of Topliss-reactive ketones (excluding diaryl/α,β-unsaturated/α-hetero) is 1. The lowest BCUT2D eigenvalue weighted by atomic mass is 9.86. The van der Waals surface area contributed by atoms with E-state index in [0.29, 0.717) is 11.1 Å². The fraction of sp³-hybridized carbons (Fsp3) is 0.552. The van der Waals surface area contributed by atoms with Crippen molar-refractivity contribution < 1.29 is 9.90 Å². The maximum Gasteiger partial charge on any atom is 0.184 e. The molecule has 0 spiro atoms. The lowest BCUT2D eigenvalue weighted by Crippen LogP contribution is -2.39. The molecule has 3 aliphatic rings. The van der Waals surface area contributed by atoms with Crippen molar-refractivity contribution in [3.63, 3.8) is 0 Å².